The van der Waals surface area contributed by atoms with Gasteiger partial charge in [-0.05, 0) is 56.4 Å². The van der Waals surface area contributed by atoms with Gasteiger partial charge in [0.15, 0.2) is 5.78 Å². The van der Waals surface area contributed by atoms with Crippen molar-refractivity contribution < 1.29 is 14.6 Å². The molecule has 1 N–H and O–H groups in total. The Balaban J connectivity index is 1.75. The summed E-state index contributed by atoms with van der Waals surface area (Å²) in [7, 11) is 1.61. The van der Waals surface area contributed by atoms with E-state index in [1.54, 1.807) is 7.11 Å². The van der Waals surface area contributed by atoms with Gasteiger partial charge in [-0.15, -0.1) is 0 Å². The van der Waals surface area contributed by atoms with Gasteiger partial charge < -0.3 is 9.84 Å². The molecule has 5 atom stereocenters. The Labute approximate surface area is 150 Å². The molecule has 0 heterocycles. The lowest BCUT2D eigenvalue weighted by Gasteiger charge is -2.54. The number of ether oxygens (including phenoxy) is 1. The third kappa shape index (κ3) is 2.05. The number of fused-ring (bicyclic) bond motifs is 5. The third-order valence-electron chi connectivity index (χ3n) is 8.20. The second-order valence-corrected chi connectivity index (χ2v) is 9.03. The molecule has 4 aliphatic rings. The highest BCUT2D eigenvalue weighted by Crippen LogP contribution is 2.66. The van der Waals surface area contributed by atoms with Crippen molar-refractivity contribution in [1.82, 2.24) is 0 Å². The van der Waals surface area contributed by atoms with Crippen LogP contribution in [0.2, 0.25) is 0 Å². The molecule has 3 nitrogen and oxygen atoms in total. The van der Waals surface area contributed by atoms with Crippen LogP contribution in [-0.2, 0) is 9.53 Å². The van der Waals surface area contributed by atoms with Gasteiger partial charge >= 0.3 is 0 Å². The van der Waals surface area contributed by atoms with Gasteiger partial charge in [-0.3, -0.25) is 4.79 Å². The molecule has 2 fully saturated rings. The highest BCUT2D eigenvalue weighted by molar-refractivity contribution is 5.92. The molecule has 0 spiro atoms. The van der Waals surface area contributed by atoms with Gasteiger partial charge in [0.2, 0.25) is 0 Å². The van der Waals surface area contributed by atoms with Crippen molar-refractivity contribution in [3.63, 3.8) is 0 Å². The number of allylic oxidation sites excluding steroid dienone is 4. The molecule has 0 radical (unpaired) electrons. The lowest BCUT2D eigenvalue weighted by Crippen LogP contribution is -2.51. The number of rotatable bonds is 2. The molecule has 2 saturated carbocycles. The predicted octanol–water partition coefficient (Wildman–Crippen LogP) is 4.33. The van der Waals surface area contributed by atoms with Crippen LogP contribution in [0.4, 0.5) is 0 Å². The van der Waals surface area contributed by atoms with Crippen LogP contribution in [-0.4, -0.2) is 23.6 Å². The zero-order valence-electron chi connectivity index (χ0n) is 15.7. The van der Waals surface area contributed by atoms with Gasteiger partial charge in [-0.2, -0.15) is 0 Å². The lowest BCUT2D eigenvalue weighted by atomic mass is 9.50. The van der Waals surface area contributed by atoms with Crippen LogP contribution in [0.15, 0.2) is 35.6 Å². The van der Waals surface area contributed by atoms with E-state index in [4.69, 9.17) is 4.74 Å². The highest BCUT2D eigenvalue weighted by atomic mass is 16.5. The molecule has 0 amide bonds. The Morgan fingerprint density at radius 1 is 1.28 bits per heavy atom. The Morgan fingerprint density at radius 2 is 2.04 bits per heavy atom. The zero-order chi connectivity index (χ0) is 18.0. The summed E-state index contributed by atoms with van der Waals surface area (Å²) in [6.07, 6.45) is 10.6. The van der Waals surface area contributed by atoms with E-state index >= 15 is 0 Å². The van der Waals surface area contributed by atoms with Crippen LogP contribution in [0, 0.1) is 22.7 Å². The fraction of sp³-hybridized carbons (Fsp3) is 0.682. The predicted molar refractivity (Wildman–Crippen MR) is 97.8 cm³/mol. The standard InChI is InChI=1S/C22H30O3/c1-14(25-4)22(24)12-9-19-17-6-5-15-13-16(23)7-10-20(15,2)18(17)8-11-21(19,22)3/h8,13,17,19,24H,1,5-7,9-12H2,2-4H3/t17-,19-,20-,21-,22+/m1/s1. The van der Waals surface area contributed by atoms with E-state index in [0.29, 0.717) is 29.8 Å². The van der Waals surface area contributed by atoms with Crippen molar-refractivity contribution in [2.75, 3.05) is 7.11 Å². The molecular formula is C22H30O3. The van der Waals surface area contributed by atoms with E-state index in [1.165, 1.54) is 11.1 Å². The van der Waals surface area contributed by atoms with E-state index < -0.39 is 5.60 Å². The highest BCUT2D eigenvalue weighted by Gasteiger charge is 2.63. The topological polar surface area (TPSA) is 46.5 Å². The first kappa shape index (κ1) is 17.1. The molecule has 4 rings (SSSR count). The molecule has 0 bridgehead atoms. The van der Waals surface area contributed by atoms with E-state index in [2.05, 4.69) is 26.5 Å². The quantitative estimate of drug-likeness (QED) is 0.600. The number of carbonyl (C=O) groups is 1. The van der Waals surface area contributed by atoms with Crippen molar-refractivity contribution in [1.29, 1.82) is 0 Å². The zero-order valence-corrected chi connectivity index (χ0v) is 15.7. The normalized spacial score (nSPS) is 45.7. The first-order valence-corrected chi connectivity index (χ1v) is 9.66. The monoisotopic (exact) mass is 342 g/mol. The van der Waals surface area contributed by atoms with Crippen LogP contribution in [0.3, 0.4) is 0 Å². The molecule has 0 aromatic carbocycles. The van der Waals surface area contributed by atoms with Crippen molar-refractivity contribution >= 4 is 5.78 Å². The van der Waals surface area contributed by atoms with Crippen molar-refractivity contribution in [2.45, 2.75) is 64.4 Å². The maximum Gasteiger partial charge on any atom is 0.155 e. The fourth-order valence-electron chi connectivity index (χ4n) is 6.50. The Morgan fingerprint density at radius 3 is 2.76 bits per heavy atom. The summed E-state index contributed by atoms with van der Waals surface area (Å²) < 4.78 is 5.39. The molecule has 0 aromatic heterocycles. The van der Waals surface area contributed by atoms with Crippen molar-refractivity contribution in [3.8, 4) is 0 Å². The maximum absolute atomic E-state index is 11.9. The summed E-state index contributed by atoms with van der Waals surface area (Å²) in [4.78, 5) is 11.9. The van der Waals surface area contributed by atoms with Gasteiger partial charge in [0, 0.05) is 17.3 Å². The number of methoxy groups -OCH3 is 1. The molecule has 25 heavy (non-hydrogen) atoms. The van der Waals surface area contributed by atoms with Crippen LogP contribution in [0.25, 0.3) is 0 Å². The molecule has 0 aromatic rings. The van der Waals surface area contributed by atoms with E-state index in [1.807, 2.05) is 6.08 Å². The average molecular weight is 342 g/mol. The maximum atomic E-state index is 11.9. The van der Waals surface area contributed by atoms with Crippen LogP contribution < -0.4 is 0 Å². The van der Waals surface area contributed by atoms with Crippen LogP contribution >= 0.6 is 0 Å². The summed E-state index contributed by atoms with van der Waals surface area (Å²) >= 11 is 0. The molecule has 3 heteroatoms. The smallest absolute Gasteiger partial charge is 0.155 e. The van der Waals surface area contributed by atoms with Gasteiger partial charge in [0.25, 0.3) is 0 Å². The minimum Gasteiger partial charge on any atom is -0.499 e. The number of ketones is 1. The first-order chi connectivity index (χ1) is 11.8. The van der Waals surface area contributed by atoms with Crippen LogP contribution in [0.5, 0.6) is 0 Å². The van der Waals surface area contributed by atoms with E-state index in [-0.39, 0.29) is 10.8 Å². The number of hydrogen-bond donors (Lipinski definition) is 1. The number of aliphatic hydroxyl groups is 1. The minimum atomic E-state index is -0.937. The number of hydrogen-bond acceptors (Lipinski definition) is 3. The second-order valence-electron chi connectivity index (χ2n) is 9.03. The molecule has 136 valence electrons. The molecular weight excluding hydrogens is 312 g/mol. The van der Waals surface area contributed by atoms with Gasteiger partial charge in [-0.25, -0.2) is 0 Å². The van der Waals surface area contributed by atoms with Gasteiger partial charge in [0.05, 0.1) is 7.11 Å². The first-order valence-electron chi connectivity index (χ1n) is 9.66. The third-order valence-corrected chi connectivity index (χ3v) is 8.20. The van der Waals surface area contributed by atoms with Gasteiger partial charge in [-0.1, -0.05) is 37.6 Å². The van der Waals surface area contributed by atoms with Gasteiger partial charge in [0.1, 0.15) is 11.4 Å². The molecule has 4 aliphatic carbocycles. The SMILES string of the molecule is C=C(OC)[C@@]1(O)CC[C@@H]2[C@@H]3CCC4=CC(=O)CC[C@@]4(C)C3=CC[C@]21C. The largest absolute Gasteiger partial charge is 0.499 e. The Hall–Kier alpha value is -1.35. The summed E-state index contributed by atoms with van der Waals surface area (Å²) in [6, 6.07) is 0. The van der Waals surface area contributed by atoms with E-state index in [0.717, 1.165) is 38.5 Å². The van der Waals surface area contributed by atoms with E-state index in [9.17, 15) is 9.90 Å². The average Bonchev–Trinajstić information content (AvgIpc) is 2.87. The summed E-state index contributed by atoms with van der Waals surface area (Å²) in [6.45, 7) is 8.57. The Kier molecular flexibility index (Phi) is 3.64. The summed E-state index contributed by atoms with van der Waals surface area (Å²) in [5.74, 6) is 1.77. The second kappa shape index (κ2) is 5.33. The van der Waals surface area contributed by atoms with Crippen LogP contribution in [0.1, 0.15) is 58.8 Å². The number of carbonyl (C=O) groups excluding carboxylic acids is 1. The molecule has 0 aliphatic heterocycles. The molecule has 0 unspecified atom stereocenters. The summed E-state index contributed by atoms with van der Waals surface area (Å²) in [5, 5.41) is 11.4. The van der Waals surface area contributed by atoms with Crippen molar-refractivity contribution in [3.05, 3.63) is 35.6 Å². The summed E-state index contributed by atoms with van der Waals surface area (Å²) in [5.41, 5.74) is 1.78. The molecule has 0 saturated heterocycles. The lowest BCUT2D eigenvalue weighted by molar-refractivity contribution is -0.115. The Bertz CT molecular complexity index is 702. The van der Waals surface area contributed by atoms with Crippen molar-refractivity contribution in [2.24, 2.45) is 22.7 Å². The minimum absolute atomic E-state index is 0.0527. The fourth-order valence-corrected chi connectivity index (χ4v) is 6.50.